The Balaban J connectivity index is 0.000000264. The molecule has 0 spiro atoms. The van der Waals surface area contributed by atoms with Gasteiger partial charge < -0.3 is 20.1 Å². The summed E-state index contributed by atoms with van der Waals surface area (Å²) < 4.78 is 44.3. The van der Waals surface area contributed by atoms with Crippen LogP contribution in [0.4, 0.5) is 11.4 Å². The molecule has 67 heavy (non-hydrogen) atoms. The van der Waals surface area contributed by atoms with Gasteiger partial charge >= 0.3 is 0 Å². The molecule has 0 radical (unpaired) electrons. The van der Waals surface area contributed by atoms with Crippen LogP contribution >= 0.6 is 35.2 Å². The first-order valence-corrected chi connectivity index (χ1v) is 24.4. The summed E-state index contributed by atoms with van der Waals surface area (Å²) in [7, 11) is -4.17. The van der Waals surface area contributed by atoms with Crippen molar-refractivity contribution in [1.82, 2.24) is 4.72 Å². The molecule has 0 aliphatic rings. The molecular weight excluding hydrogens is 936 g/mol. The Bertz CT molecular complexity index is 2640. The number of ether oxygens (including phenoxy) is 2. The van der Waals surface area contributed by atoms with Gasteiger partial charge in [-0.05, 0) is 102 Å². The topological polar surface area (TPSA) is 184 Å². The van der Waals surface area contributed by atoms with Crippen molar-refractivity contribution >= 4 is 74.4 Å². The molecule has 352 valence electrons. The quantitative estimate of drug-likeness (QED) is 0.0207. The van der Waals surface area contributed by atoms with E-state index < -0.39 is 21.8 Å². The fourth-order valence-electron chi connectivity index (χ4n) is 6.34. The zero-order chi connectivity index (χ0) is 47.9. The van der Waals surface area contributed by atoms with Crippen molar-refractivity contribution in [2.45, 2.75) is 81.3 Å². The third kappa shape index (κ3) is 18.0. The lowest BCUT2D eigenvalue weighted by Crippen LogP contribution is -2.31. The Morgan fingerprint density at radius 1 is 0.597 bits per heavy atom. The average Bonchev–Trinajstić information content (AvgIpc) is 3.33. The van der Waals surface area contributed by atoms with Gasteiger partial charge in [-0.2, -0.15) is 5.90 Å². The van der Waals surface area contributed by atoms with Crippen molar-refractivity contribution in [3.05, 3.63) is 178 Å². The number of sulfonamides is 1. The van der Waals surface area contributed by atoms with Gasteiger partial charge in [-0.1, -0.05) is 129 Å². The number of hydrogen-bond donors (Lipinski definition) is 4. The number of hydrogen-bond acceptors (Lipinski definition) is 11. The third-order valence-corrected chi connectivity index (χ3v) is 12.4. The van der Waals surface area contributed by atoms with E-state index in [0.29, 0.717) is 62.9 Å². The Morgan fingerprint density at radius 2 is 1.09 bits per heavy atom. The zero-order valence-corrected chi connectivity index (χ0v) is 39.9. The normalized spacial score (nSPS) is 10.9. The molecule has 0 aliphatic heterocycles. The van der Waals surface area contributed by atoms with Gasteiger partial charge in [-0.15, -0.1) is 9.32 Å². The van der Waals surface area contributed by atoms with Crippen LogP contribution in [-0.4, -0.2) is 26.1 Å². The number of benzene rings is 6. The van der Waals surface area contributed by atoms with Gasteiger partial charge in [0.1, 0.15) is 29.6 Å². The van der Waals surface area contributed by atoms with Crippen LogP contribution in [0.25, 0.3) is 0 Å². The minimum absolute atomic E-state index is 0.0752. The minimum atomic E-state index is -4.17. The third-order valence-electron chi connectivity index (χ3n) is 9.81. The molecule has 3 amide bonds. The average molecular weight is 988 g/mol. The van der Waals surface area contributed by atoms with Gasteiger partial charge in [-0.3, -0.25) is 14.4 Å². The van der Waals surface area contributed by atoms with E-state index in [0.717, 1.165) is 42.4 Å². The first-order valence-electron chi connectivity index (χ1n) is 21.4. The molecule has 6 aromatic rings. The van der Waals surface area contributed by atoms with E-state index in [2.05, 4.69) is 31.6 Å². The summed E-state index contributed by atoms with van der Waals surface area (Å²) >= 11 is 12.7. The van der Waals surface area contributed by atoms with Gasteiger partial charge in [0.05, 0.1) is 28.3 Å². The fourth-order valence-corrected chi connectivity index (χ4v) is 8.23. The van der Waals surface area contributed by atoms with E-state index in [1.165, 1.54) is 37.5 Å². The van der Waals surface area contributed by atoms with E-state index in [1.807, 2.05) is 30.3 Å². The highest BCUT2D eigenvalue weighted by Gasteiger charge is 2.22. The number of rotatable bonds is 23. The Morgan fingerprint density at radius 3 is 1.64 bits per heavy atom. The molecule has 0 aliphatic carbocycles. The van der Waals surface area contributed by atoms with Crippen LogP contribution < -0.4 is 30.7 Å². The number of nitrogens with one attached hydrogen (secondary N) is 3. The zero-order valence-electron chi connectivity index (χ0n) is 36.8. The summed E-state index contributed by atoms with van der Waals surface area (Å²) in [6.07, 6.45) is 7.35. The molecule has 17 heteroatoms. The summed E-state index contributed by atoms with van der Waals surface area (Å²) in [4.78, 5) is 42.5. The van der Waals surface area contributed by atoms with Crippen LogP contribution in [0.15, 0.2) is 155 Å². The fraction of sp³-hybridized carbons (Fsp3) is 0.220. The number of unbranched alkanes of at least 4 members (excludes halogenated alkanes) is 6. The molecule has 0 bridgehead atoms. The van der Waals surface area contributed by atoms with Crippen molar-refractivity contribution in [1.29, 1.82) is 0 Å². The van der Waals surface area contributed by atoms with E-state index in [-0.39, 0.29) is 22.9 Å². The number of carbonyl (C=O) groups is 3. The second-order valence-electron chi connectivity index (χ2n) is 14.9. The molecule has 6 aromatic carbocycles. The number of carbonyl (C=O) groups excluding carboxylic acids is 3. The van der Waals surface area contributed by atoms with Gasteiger partial charge in [0.25, 0.3) is 21.8 Å². The van der Waals surface area contributed by atoms with Crippen molar-refractivity contribution in [2.75, 3.05) is 10.6 Å². The maximum atomic E-state index is 13.0. The number of halogens is 2. The van der Waals surface area contributed by atoms with Crippen molar-refractivity contribution in [2.24, 2.45) is 5.90 Å². The minimum Gasteiger partial charge on any atom is -0.489 e. The van der Waals surface area contributed by atoms with Gasteiger partial charge in [0.15, 0.2) is 0 Å². The smallest absolute Gasteiger partial charge is 0.266 e. The molecule has 0 atom stereocenters. The number of nitrogens with two attached hydrogens (primary N) is 1. The second kappa shape index (κ2) is 27.7. The molecule has 5 N–H and O–H groups in total. The van der Waals surface area contributed by atoms with Gasteiger partial charge in [-0.25, -0.2) is 13.1 Å². The largest absolute Gasteiger partial charge is 0.489 e. The first-order chi connectivity index (χ1) is 32.4. The highest BCUT2D eigenvalue weighted by Crippen LogP contribution is 2.29. The number of amides is 3. The molecule has 0 heterocycles. The Labute approximate surface area is 405 Å². The Kier molecular flexibility index (Phi) is 21.5. The van der Waals surface area contributed by atoms with E-state index >= 15 is 0 Å². The standard InChI is InChI=1S/C30H35ClN2O5S.C20H17ClN2O4S/c1-2-3-4-5-6-7-8-16-29(34)33-39(36,37)28-15-10-9-14-27(28)32-30(35)24-12-11-13-26(21-24)38-22-23-17-19-25(31)20-18-23;21-16-10-8-14(9-11-16)13-25-17-5-3-4-15(12-17)20(24)23-18-6-1-2-7-19(18)28-27-26-22/h9-15,17-21H,2-8,16,22H2,1H3,(H,32,35)(H,33,34);1-12H,13,22H2,(H,23,24). The molecule has 0 saturated carbocycles. The van der Waals surface area contributed by atoms with E-state index in [9.17, 15) is 22.8 Å². The lowest BCUT2D eigenvalue weighted by atomic mass is 10.1. The van der Waals surface area contributed by atoms with Crippen molar-refractivity contribution in [3.63, 3.8) is 0 Å². The molecular formula is C50H52Cl2N4O9S2. The molecule has 13 nitrogen and oxygen atoms in total. The summed E-state index contributed by atoms with van der Waals surface area (Å²) in [5, 5.41) is 6.79. The van der Waals surface area contributed by atoms with Crippen LogP contribution in [0.1, 0.15) is 90.1 Å². The van der Waals surface area contributed by atoms with Gasteiger partial charge in [0, 0.05) is 27.6 Å². The van der Waals surface area contributed by atoms with Gasteiger partial charge in [0.2, 0.25) is 5.91 Å². The highest BCUT2D eigenvalue weighted by molar-refractivity contribution is 7.94. The van der Waals surface area contributed by atoms with Crippen LogP contribution in [0.3, 0.4) is 0 Å². The number of anilines is 2. The molecule has 0 saturated heterocycles. The summed E-state index contributed by atoms with van der Waals surface area (Å²) in [6.45, 7) is 2.83. The van der Waals surface area contributed by atoms with Crippen LogP contribution in [-0.2, 0) is 37.4 Å². The number of para-hydroxylation sites is 2. The highest BCUT2D eigenvalue weighted by atomic mass is 35.5. The maximum absolute atomic E-state index is 13.0. The maximum Gasteiger partial charge on any atom is 0.266 e. The van der Waals surface area contributed by atoms with E-state index in [4.69, 9.17) is 38.6 Å². The summed E-state index contributed by atoms with van der Waals surface area (Å²) in [5.74, 6) is 4.58. The van der Waals surface area contributed by atoms with Crippen LogP contribution in [0.5, 0.6) is 11.5 Å². The lowest BCUT2D eigenvalue weighted by molar-refractivity contribution is -0.195. The van der Waals surface area contributed by atoms with Crippen LogP contribution in [0.2, 0.25) is 10.0 Å². The summed E-state index contributed by atoms with van der Waals surface area (Å²) in [6, 6.07) is 41.3. The lowest BCUT2D eigenvalue weighted by Gasteiger charge is -2.13. The summed E-state index contributed by atoms with van der Waals surface area (Å²) in [5.41, 5.74) is 3.30. The van der Waals surface area contributed by atoms with Crippen molar-refractivity contribution < 1.29 is 41.6 Å². The van der Waals surface area contributed by atoms with Crippen molar-refractivity contribution in [3.8, 4) is 11.5 Å². The Hall–Kier alpha value is -5.91. The second-order valence-corrected chi connectivity index (χ2v) is 18.2. The van der Waals surface area contributed by atoms with Crippen LogP contribution in [0, 0.1) is 0 Å². The SMILES string of the molecule is CCCCCCCCCC(=O)NS(=O)(=O)c1ccccc1NC(=O)c1cccc(OCc2ccc(Cl)cc2)c1.NOOSc1ccccc1NC(=O)c1cccc(OCc2ccc(Cl)cc2)c1. The van der Waals surface area contributed by atoms with E-state index in [1.54, 1.807) is 97.1 Å². The first kappa shape index (κ1) is 52.1. The molecule has 6 rings (SSSR count). The predicted molar refractivity (Wildman–Crippen MR) is 263 cm³/mol. The molecule has 0 aromatic heterocycles. The monoisotopic (exact) mass is 986 g/mol. The predicted octanol–water partition coefficient (Wildman–Crippen LogP) is 12.1. The molecule has 0 unspecified atom stereocenters. The molecule has 0 fully saturated rings.